The number of anilines is 1. The van der Waals surface area contributed by atoms with Crippen molar-refractivity contribution in [1.82, 2.24) is 20.3 Å². The Hall–Kier alpha value is -4.31. The van der Waals surface area contributed by atoms with E-state index in [4.69, 9.17) is 17.0 Å². The molecule has 9 nitrogen and oxygen atoms in total. The number of amides is 3. The van der Waals surface area contributed by atoms with Crippen molar-refractivity contribution in [2.75, 3.05) is 11.9 Å². The van der Waals surface area contributed by atoms with Crippen molar-refractivity contribution >= 4 is 40.7 Å². The van der Waals surface area contributed by atoms with E-state index in [1.807, 2.05) is 37.3 Å². The number of carbonyl (C=O) groups is 3. The van der Waals surface area contributed by atoms with Crippen molar-refractivity contribution in [2.45, 2.75) is 25.9 Å². The van der Waals surface area contributed by atoms with Gasteiger partial charge in [-0.2, -0.15) is 0 Å². The van der Waals surface area contributed by atoms with Gasteiger partial charge in [0.1, 0.15) is 17.5 Å². The predicted molar refractivity (Wildman–Crippen MR) is 138 cm³/mol. The van der Waals surface area contributed by atoms with E-state index >= 15 is 0 Å². The first-order valence-electron chi connectivity index (χ1n) is 11.4. The van der Waals surface area contributed by atoms with Gasteiger partial charge in [-0.3, -0.25) is 29.7 Å². The van der Waals surface area contributed by atoms with Crippen molar-refractivity contribution < 1.29 is 19.1 Å². The summed E-state index contributed by atoms with van der Waals surface area (Å²) < 4.78 is 5.48. The number of hydrogen-bond acceptors (Lipinski definition) is 6. The van der Waals surface area contributed by atoms with Gasteiger partial charge in [-0.25, -0.2) is 5.01 Å². The number of carbonyl (C=O) groups excluding carboxylic acids is 3. The minimum absolute atomic E-state index is 0.101. The fourth-order valence-electron chi connectivity index (χ4n) is 3.75. The number of hydrogen-bond donors (Lipinski definition) is 2. The van der Waals surface area contributed by atoms with E-state index in [1.165, 1.54) is 16.1 Å². The zero-order chi connectivity index (χ0) is 25.5. The highest BCUT2D eigenvalue weighted by Gasteiger charge is 2.44. The Kier molecular flexibility index (Phi) is 7.86. The third-order valence-corrected chi connectivity index (χ3v) is 5.83. The van der Waals surface area contributed by atoms with Crippen molar-refractivity contribution in [3.05, 3.63) is 90.3 Å². The van der Waals surface area contributed by atoms with E-state index in [0.29, 0.717) is 18.0 Å². The summed E-state index contributed by atoms with van der Waals surface area (Å²) >= 11 is 5.56. The van der Waals surface area contributed by atoms with Gasteiger partial charge in [-0.15, -0.1) is 0 Å². The van der Waals surface area contributed by atoms with Crippen LogP contribution < -0.4 is 15.5 Å². The van der Waals surface area contributed by atoms with Crippen molar-refractivity contribution in [1.29, 1.82) is 0 Å². The van der Waals surface area contributed by atoms with E-state index in [-0.39, 0.29) is 29.7 Å². The van der Waals surface area contributed by atoms with Crippen LogP contribution in [0.25, 0.3) is 0 Å². The molecule has 1 unspecified atom stereocenters. The molecule has 2 aromatic carbocycles. The molecule has 1 atom stereocenters. The summed E-state index contributed by atoms with van der Waals surface area (Å²) in [4.78, 5) is 44.6. The average Bonchev–Trinajstić information content (AvgIpc) is 3.09. The molecule has 0 bridgehead atoms. The molecule has 1 aliphatic heterocycles. The lowest BCUT2D eigenvalue weighted by Crippen LogP contribution is -2.49. The zero-order valence-electron chi connectivity index (χ0n) is 19.6. The molecule has 0 radical (unpaired) electrons. The molecule has 0 aliphatic carbocycles. The lowest BCUT2D eigenvalue weighted by Gasteiger charge is -2.24. The second-order valence-corrected chi connectivity index (χ2v) is 8.31. The molecule has 1 saturated heterocycles. The fraction of sp³-hybridized carbons (Fsp3) is 0.192. The molecule has 1 aromatic heterocycles. The summed E-state index contributed by atoms with van der Waals surface area (Å²) in [7, 11) is 0. The topological polar surface area (TPSA) is 104 Å². The Morgan fingerprint density at radius 3 is 2.56 bits per heavy atom. The summed E-state index contributed by atoms with van der Waals surface area (Å²) in [6.45, 7) is 2.57. The van der Waals surface area contributed by atoms with Crippen molar-refractivity contribution in [3.63, 3.8) is 0 Å². The molecule has 10 heteroatoms. The number of thiocarbonyl (C=S) groups is 1. The van der Waals surface area contributed by atoms with Crippen LogP contribution in [0, 0.1) is 0 Å². The second kappa shape index (κ2) is 11.4. The molecular formula is C26H25N5O4S. The van der Waals surface area contributed by atoms with Crippen LogP contribution in [0.3, 0.4) is 0 Å². The van der Waals surface area contributed by atoms with Crippen LogP contribution in [-0.2, 0) is 16.1 Å². The maximum atomic E-state index is 13.4. The summed E-state index contributed by atoms with van der Waals surface area (Å²) in [5.74, 6) is -0.722. The second-order valence-electron chi connectivity index (χ2n) is 7.95. The van der Waals surface area contributed by atoms with Crippen LogP contribution in [0.15, 0.2) is 79.0 Å². The van der Waals surface area contributed by atoms with Crippen LogP contribution in [0.1, 0.15) is 29.4 Å². The van der Waals surface area contributed by atoms with Crippen molar-refractivity contribution in [2.24, 2.45) is 0 Å². The van der Waals surface area contributed by atoms with Gasteiger partial charge in [0.15, 0.2) is 5.11 Å². The van der Waals surface area contributed by atoms with Gasteiger partial charge in [-0.1, -0.05) is 42.5 Å². The fourth-order valence-corrected chi connectivity index (χ4v) is 4.07. The maximum absolute atomic E-state index is 13.4. The van der Waals surface area contributed by atoms with Gasteiger partial charge in [0.2, 0.25) is 5.91 Å². The van der Waals surface area contributed by atoms with Gasteiger partial charge in [-0.05, 0) is 49.0 Å². The first-order chi connectivity index (χ1) is 17.5. The summed E-state index contributed by atoms with van der Waals surface area (Å²) in [6.07, 6.45) is 1.26. The quantitative estimate of drug-likeness (QED) is 0.433. The third kappa shape index (κ3) is 5.84. The molecule has 0 spiro atoms. The Labute approximate surface area is 214 Å². The molecule has 3 amide bonds. The van der Waals surface area contributed by atoms with Crippen LogP contribution in [0.5, 0.6) is 5.75 Å². The van der Waals surface area contributed by atoms with Gasteiger partial charge in [0.05, 0.1) is 19.6 Å². The lowest BCUT2D eigenvalue weighted by atomic mass is 10.1. The Balaban J connectivity index is 1.54. The minimum Gasteiger partial charge on any atom is -0.494 e. The molecule has 0 saturated carbocycles. The Bertz CT molecular complexity index is 1260. The molecule has 184 valence electrons. The summed E-state index contributed by atoms with van der Waals surface area (Å²) in [5.41, 5.74) is 4.22. The third-order valence-electron chi connectivity index (χ3n) is 5.41. The van der Waals surface area contributed by atoms with Gasteiger partial charge < -0.3 is 10.1 Å². The van der Waals surface area contributed by atoms with Crippen LogP contribution in [0.4, 0.5) is 5.69 Å². The average molecular weight is 504 g/mol. The first kappa shape index (κ1) is 24.8. The first-order valence-corrected chi connectivity index (χ1v) is 11.8. The molecule has 2 N–H and O–H groups in total. The molecule has 1 aliphatic rings. The van der Waals surface area contributed by atoms with E-state index in [0.717, 1.165) is 5.56 Å². The predicted octanol–water partition coefficient (Wildman–Crippen LogP) is 3.15. The van der Waals surface area contributed by atoms with Crippen LogP contribution in [0.2, 0.25) is 0 Å². The molecule has 36 heavy (non-hydrogen) atoms. The van der Waals surface area contributed by atoms with Crippen LogP contribution >= 0.6 is 12.2 Å². The number of nitrogens with one attached hydrogen (secondary N) is 2. The molecule has 1 fully saturated rings. The molecule has 3 aromatic rings. The maximum Gasteiger partial charge on any atom is 0.288 e. The number of rotatable bonds is 9. The number of aromatic nitrogens is 1. The summed E-state index contributed by atoms with van der Waals surface area (Å²) in [5, 5.41) is 4.16. The van der Waals surface area contributed by atoms with Crippen LogP contribution in [-0.4, -0.2) is 50.4 Å². The number of hydrazine groups is 1. The lowest BCUT2D eigenvalue weighted by molar-refractivity contribution is -0.131. The monoisotopic (exact) mass is 503 g/mol. The molecule has 2 heterocycles. The minimum atomic E-state index is -1.02. The largest absolute Gasteiger partial charge is 0.494 e. The summed E-state index contributed by atoms with van der Waals surface area (Å²) in [6, 6.07) is 20.2. The van der Waals surface area contributed by atoms with E-state index in [2.05, 4.69) is 15.7 Å². The highest BCUT2D eigenvalue weighted by molar-refractivity contribution is 7.80. The zero-order valence-corrected chi connectivity index (χ0v) is 20.4. The Morgan fingerprint density at radius 1 is 1.06 bits per heavy atom. The number of pyridine rings is 1. The van der Waals surface area contributed by atoms with Crippen molar-refractivity contribution in [3.8, 4) is 5.75 Å². The normalized spacial score (nSPS) is 15.1. The van der Waals surface area contributed by atoms with Gasteiger partial charge >= 0.3 is 0 Å². The highest BCUT2D eigenvalue weighted by Crippen LogP contribution is 2.23. The van der Waals surface area contributed by atoms with E-state index in [1.54, 1.807) is 42.5 Å². The number of nitrogens with zero attached hydrogens (tertiary/aromatic N) is 3. The Morgan fingerprint density at radius 2 is 1.83 bits per heavy atom. The SMILES string of the molecule is CCOc1cccc(NC(=O)CC2C(=O)N(Cc3ccccc3)C(=S)N2NC(=O)c2ccccn2)c1. The van der Waals surface area contributed by atoms with E-state index < -0.39 is 17.9 Å². The highest BCUT2D eigenvalue weighted by atomic mass is 32.1. The number of benzene rings is 2. The van der Waals surface area contributed by atoms with E-state index in [9.17, 15) is 14.4 Å². The molecule has 4 rings (SSSR count). The standard InChI is InChI=1S/C26H25N5O4S/c1-2-35-20-12-8-11-19(15-20)28-23(32)16-22-25(34)30(17-18-9-4-3-5-10-18)26(36)31(22)29-24(33)21-13-6-7-14-27-21/h3-15,22H,2,16-17H2,1H3,(H,28,32)(H,29,33). The van der Waals surface area contributed by atoms with Gasteiger partial charge in [0.25, 0.3) is 11.8 Å². The molecular weight excluding hydrogens is 478 g/mol. The number of ether oxygens (including phenoxy) is 1. The smallest absolute Gasteiger partial charge is 0.288 e. The van der Waals surface area contributed by atoms with Gasteiger partial charge in [0, 0.05) is 18.0 Å².